The molecule has 1 aromatic carbocycles. The summed E-state index contributed by atoms with van der Waals surface area (Å²) in [7, 11) is 1.58. The minimum absolute atomic E-state index is 0.175. The van der Waals surface area contributed by atoms with Crippen LogP contribution in [0.1, 0.15) is 25.3 Å². The van der Waals surface area contributed by atoms with Crippen molar-refractivity contribution in [2.75, 3.05) is 20.2 Å². The molecule has 0 spiro atoms. The predicted octanol–water partition coefficient (Wildman–Crippen LogP) is 3.40. The Hall–Kier alpha value is -0.740. The molecule has 1 aliphatic rings. The average Bonchev–Trinajstić information content (AvgIpc) is 2.36. The summed E-state index contributed by atoms with van der Waals surface area (Å²) in [4.78, 5) is 2.46. The van der Waals surface area contributed by atoms with Crippen LogP contribution in [0, 0.1) is 5.92 Å². The maximum Gasteiger partial charge on any atom is 0.172 e. The summed E-state index contributed by atoms with van der Waals surface area (Å²) in [5.41, 5.74) is 1.17. The van der Waals surface area contributed by atoms with Gasteiger partial charge in [0.05, 0.1) is 11.6 Å². The third-order valence-electron chi connectivity index (χ3n) is 3.59. The van der Waals surface area contributed by atoms with Crippen molar-refractivity contribution in [1.82, 2.24) is 4.90 Å². The van der Waals surface area contributed by atoms with Crippen LogP contribution in [0.2, 0.25) is 0 Å². The smallest absolute Gasteiger partial charge is 0.172 e. The zero-order valence-electron chi connectivity index (χ0n) is 10.9. The van der Waals surface area contributed by atoms with Crippen LogP contribution >= 0.6 is 15.9 Å². The van der Waals surface area contributed by atoms with Gasteiger partial charge in [0.1, 0.15) is 0 Å². The molecule has 1 N–H and O–H groups in total. The Balaban J connectivity index is 2.07. The Morgan fingerprint density at radius 3 is 2.67 bits per heavy atom. The number of rotatable bonds is 3. The molecule has 0 amide bonds. The summed E-state index contributed by atoms with van der Waals surface area (Å²) in [6, 6.07) is 3.88. The molecular weight excluding hydrogens is 294 g/mol. The van der Waals surface area contributed by atoms with Crippen LogP contribution in [0.25, 0.3) is 0 Å². The number of hydrogen-bond acceptors (Lipinski definition) is 3. The number of halogens is 1. The van der Waals surface area contributed by atoms with Crippen molar-refractivity contribution in [2.45, 2.75) is 26.3 Å². The quantitative estimate of drug-likeness (QED) is 0.928. The molecule has 0 atom stereocenters. The number of piperidine rings is 1. The summed E-state index contributed by atoms with van der Waals surface area (Å²) in [6.45, 7) is 5.55. The molecule has 2 rings (SSSR count). The summed E-state index contributed by atoms with van der Waals surface area (Å²) >= 11 is 3.36. The van der Waals surface area contributed by atoms with E-state index in [2.05, 4.69) is 27.8 Å². The van der Waals surface area contributed by atoms with E-state index in [0.717, 1.165) is 25.6 Å². The van der Waals surface area contributed by atoms with Gasteiger partial charge in [-0.15, -0.1) is 0 Å². The topological polar surface area (TPSA) is 32.7 Å². The lowest BCUT2D eigenvalue weighted by Gasteiger charge is -2.30. The molecule has 0 aromatic heterocycles. The molecule has 100 valence electrons. The van der Waals surface area contributed by atoms with E-state index in [4.69, 9.17) is 4.74 Å². The van der Waals surface area contributed by atoms with Gasteiger partial charge in [0.2, 0.25) is 0 Å². The molecule has 1 aromatic rings. The summed E-state index contributed by atoms with van der Waals surface area (Å²) in [5.74, 6) is 1.56. The SMILES string of the molecule is COc1cc(CN2CCC(C)CC2)cc(Br)c1O. The highest BCUT2D eigenvalue weighted by Gasteiger charge is 2.17. The van der Waals surface area contributed by atoms with E-state index in [-0.39, 0.29) is 5.75 Å². The maximum atomic E-state index is 9.78. The standard InChI is InChI=1S/C14H20BrNO2/c1-10-3-5-16(6-4-10)9-11-7-12(15)14(17)13(8-11)18-2/h7-8,10,17H,3-6,9H2,1-2H3. The van der Waals surface area contributed by atoms with E-state index in [1.165, 1.54) is 18.4 Å². The number of phenolic OH excluding ortho intramolecular Hbond substituents is 1. The zero-order valence-corrected chi connectivity index (χ0v) is 12.5. The van der Waals surface area contributed by atoms with Crippen LogP contribution in [0.5, 0.6) is 11.5 Å². The predicted molar refractivity (Wildman–Crippen MR) is 76.0 cm³/mol. The first kappa shape index (κ1) is 13.7. The summed E-state index contributed by atoms with van der Waals surface area (Å²) in [6.07, 6.45) is 2.55. The molecule has 18 heavy (non-hydrogen) atoms. The van der Waals surface area contributed by atoms with Crippen molar-refractivity contribution >= 4 is 15.9 Å². The van der Waals surface area contributed by atoms with Gasteiger partial charge in [-0.3, -0.25) is 4.90 Å². The normalized spacial score (nSPS) is 17.9. The molecule has 1 fully saturated rings. The summed E-state index contributed by atoms with van der Waals surface area (Å²) < 4.78 is 5.87. The lowest BCUT2D eigenvalue weighted by atomic mass is 9.99. The fraction of sp³-hybridized carbons (Fsp3) is 0.571. The second-order valence-electron chi connectivity index (χ2n) is 5.09. The first-order chi connectivity index (χ1) is 8.60. The van der Waals surface area contributed by atoms with Crippen molar-refractivity contribution in [1.29, 1.82) is 0 Å². The number of hydrogen-bond donors (Lipinski definition) is 1. The van der Waals surface area contributed by atoms with Gasteiger partial charge < -0.3 is 9.84 Å². The number of aromatic hydroxyl groups is 1. The van der Waals surface area contributed by atoms with Gasteiger partial charge in [-0.1, -0.05) is 6.92 Å². The molecule has 4 heteroatoms. The number of nitrogens with zero attached hydrogens (tertiary/aromatic N) is 1. The summed E-state index contributed by atoms with van der Waals surface area (Å²) in [5, 5.41) is 9.78. The number of ether oxygens (including phenoxy) is 1. The molecule has 0 bridgehead atoms. The van der Waals surface area contributed by atoms with Gasteiger partial charge in [0.25, 0.3) is 0 Å². The molecule has 1 heterocycles. The molecule has 0 aliphatic carbocycles. The van der Waals surface area contributed by atoms with Crippen LogP contribution in [0.15, 0.2) is 16.6 Å². The Morgan fingerprint density at radius 1 is 1.39 bits per heavy atom. The first-order valence-electron chi connectivity index (χ1n) is 6.38. The van der Waals surface area contributed by atoms with Crippen LogP contribution in [-0.2, 0) is 6.54 Å². The Labute approximate surface area is 117 Å². The highest BCUT2D eigenvalue weighted by Crippen LogP contribution is 2.35. The van der Waals surface area contributed by atoms with Crippen LogP contribution in [-0.4, -0.2) is 30.2 Å². The minimum Gasteiger partial charge on any atom is -0.503 e. The second kappa shape index (κ2) is 5.93. The molecular formula is C14H20BrNO2. The number of phenols is 1. The van der Waals surface area contributed by atoms with Gasteiger partial charge in [-0.25, -0.2) is 0 Å². The van der Waals surface area contributed by atoms with Crippen molar-refractivity contribution in [3.05, 3.63) is 22.2 Å². The molecule has 0 saturated carbocycles. The minimum atomic E-state index is 0.175. The Kier molecular flexibility index (Phi) is 4.51. The molecule has 0 radical (unpaired) electrons. The fourth-order valence-corrected chi connectivity index (χ4v) is 2.84. The Bertz CT molecular complexity index is 415. The van der Waals surface area contributed by atoms with Crippen LogP contribution < -0.4 is 4.74 Å². The van der Waals surface area contributed by atoms with Crippen molar-refractivity contribution < 1.29 is 9.84 Å². The number of benzene rings is 1. The van der Waals surface area contributed by atoms with Crippen LogP contribution in [0.3, 0.4) is 0 Å². The van der Waals surface area contributed by atoms with Gasteiger partial charge in [0, 0.05) is 6.54 Å². The van der Waals surface area contributed by atoms with Gasteiger partial charge in [-0.2, -0.15) is 0 Å². The molecule has 0 unspecified atom stereocenters. The van der Waals surface area contributed by atoms with Crippen molar-refractivity contribution in [2.24, 2.45) is 5.92 Å². The lowest BCUT2D eigenvalue weighted by molar-refractivity contribution is 0.185. The fourth-order valence-electron chi connectivity index (χ4n) is 2.35. The van der Waals surface area contributed by atoms with Gasteiger partial charge >= 0.3 is 0 Å². The van der Waals surface area contributed by atoms with Crippen molar-refractivity contribution in [3.63, 3.8) is 0 Å². The Morgan fingerprint density at radius 2 is 2.06 bits per heavy atom. The molecule has 3 nitrogen and oxygen atoms in total. The maximum absolute atomic E-state index is 9.78. The van der Waals surface area contributed by atoms with E-state index in [9.17, 15) is 5.11 Å². The monoisotopic (exact) mass is 313 g/mol. The van der Waals surface area contributed by atoms with E-state index in [0.29, 0.717) is 10.2 Å². The third-order valence-corrected chi connectivity index (χ3v) is 4.20. The molecule has 1 saturated heterocycles. The van der Waals surface area contributed by atoms with Crippen LogP contribution in [0.4, 0.5) is 0 Å². The molecule has 1 aliphatic heterocycles. The van der Waals surface area contributed by atoms with E-state index < -0.39 is 0 Å². The first-order valence-corrected chi connectivity index (χ1v) is 7.17. The number of likely N-dealkylation sites (tertiary alicyclic amines) is 1. The second-order valence-corrected chi connectivity index (χ2v) is 5.94. The third kappa shape index (κ3) is 3.18. The average molecular weight is 314 g/mol. The lowest BCUT2D eigenvalue weighted by Crippen LogP contribution is -2.32. The highest BCUT2D eigenvalue weighted by molar-refractivity contribution is 9.10. The van der Waals surface area contributed by atoms with E-state index in [1.54, 1.807) is 7.11 Å². The zero-order chi connectivity index (χ0) is 13.1. The highest BCUT2D eigenvalue weighted by atomic mass is 79.9. The largest absolute Gasteiger partial charge is 0.503 e. The van der Waals surface area contributed by atoms with Crippen molar-refractivity contribution in [3.8, 4) is 11.5 Å². The van der Waals surface area contributed by atoms with E-state index >= 15 is 0 Å². The van der Waals surface area contributed by atoms with Gasteiger partial charge in [-0.05, 0) is 65.5 Å². The van der Waals surface area contributed by atoms with E-state index in [1.807, 2.05) is 12.1 Å². The number of methoxy groups -OCH3 is 1. The van der Waals surface area contributed by atoms with Gasteiger partial charge in [0.15, 0.2) is 11.5 Å².